The summed E-state index contributed by atoms with van der Waals surface area (Å²) in [6, 6.07) is 4.49. The second kappa shape index (κ2) is 6.65. The van der Waals surface area contributed by atoms with Crippen LogP contribution in [0.5, 0.6) is 0 Å². The Morgan fingerprint density at radius 2 is 1.88 bits per heavy atom. The lowest BCUT2D eigenvalue weighted by atomic mass is 10.1. The van der Waals surface area contributed by atoms with Gasteiger partial charge in [0.25, 0.3) is 0 Å². The van der Waals surface area contributed by atoms with Crippen molar-refractivity contribution in [3.8, 4) is 11.5 Å². The standard InChI is InChI=1S/C15H17FN4O4/c1-15(2,3)18-13(22)17-11(21)8-20-14(23)24-12(19-20)9-4-6-10(16)7-5-9/h4-7H,8H2,1-3H3,(H2,17,18,21,22). The maximum Gasteiger partial charge on any atom is 0.437 e. The molecular formula is C15H17FN4O4. The largest absolute Gasteiger partial charge is 0.437 e. The predicted octanol–water partition coefficient (Wildman–Crippen LogP) is 1.27. The number of benzene rings is 1. The van der Waals surface area contributed by atoms with Gasteiger partial charge in [0, 0.05) is 11.1 Å². The Balaban J connectivity index is 2.05. The van der Waals surface area contributed by atoms with Crippen molar-refractivity contribution in [1.29, 1.82) is 0 Å². The number of nitrogens with one attached hydrogen (secondary N) is 2. The second-order valence-corrected chi connectivity index (χ2v) is 6.09. The van der Waals surface area contributed by atoms with Gasteiger partial charge in [-0.15, -0.1) is 5.10 Å². The summed E-state index contributed by atoms with van der Waals surface area (Å²) in [6.45, 7) is 4.79. The normalized spacial score (nSPS) is 11.2. The van der Waals surface area contributed by atoms with Gasteiger partial charge in [-0.05, 0) is 45.0 Å². The Labute approximate surface area is 136 Å². The summed E-state index contributed by atoms with van der Waals surface area (Å²) in [5.41, 5.74) is -0.122. The molecule has 0 radical (unpaired) electrons. The molecule has 1 heterocycles. The summed E-state index contributed by atoms with van der Waals surface area (Å²) in [5, 5.41) is 8.49. The Morgan fingerprint density at radius 1 is 1.25 bits per heavy atom. The van der Waals surface area contributed by atoms with Crippen LogP contribution < -0.4 is 16.4 Å². The van der Waals surface area contributed by atoms with Crippen LogP contribution >= 0.6 is 0 Å². The van der Waals surface area contributed by atoms with E-state index in [0.717, 1.165) is 4.68 Å². The van der Waals surface area contributed by atoms with Crippen molar-refractivity contribution in [3.05, 3.63) is 40.6 Å². The van der Waals surface area contributed by atoms with Crippen molar-refractivity contribution < 1.29 is 18.4 Å². The Hall–Kier alpha value is -2.97. The van der Waals surface area contributed by atoms with Gasteiger partial charge in [-0.3, -0.25) is 10.1 Å². The molecule has 0 fully saturated rings. The van der Waals surface area contributed by atoms with Crippen molar-refractivity contribution in [1.82, 2.24) is 20.4 Å². The first-order chi connectivity index (χ1) is 11.1. The van der Waals surface area contributed by atoms with Gasteiger partial charge in [0.1, 0.15) is 12.4 Å². The quantitative estimate of drug-likeness (QED) is 0.878. The fraction of sp³-hybridized carbons (Fsp3) is 0.333. The molecule has 24 heavy (non-hydrogen) atoms. The third-order valence-electron chi connectivity index (χ3n) is 2.73. The zero-order valence-corrected chi connectivity index (χ0v) is 13.4. The maximum absolute atomic E-state index is 12.9. The summed E-state index contributed by atoms with van der Waals surface area (Å²) < 4.78 is 18.6. The summed E-state index contributed by atoms with van der Waals surface area (Å²) in [4.78, 5) is 35.1. The smallest absolute Gasteiger partial charge is 0.388 e. The first-order valence-corrected chi connectivity index (χ1v) is 7.10. The molecule has 8 nitrogen and oxygen atoms in total. The van der Waals surface area contributed by atoms with Crippen molar-refractivity contribution in [2.75, 3.05) is 0 Å². The minimum Gasteiger partial charge on any atom is -0.388 e. The molecule has 0 saturated carbocycles. The molecule has 9 heteroatoms. The topological polar surface area (TPSA) is 106 Å². The molecule has 0 unspecified atom stereocenters. The van der Waals surface area contributed by atoms with E-state index in [1.54, 1.807) is 20.8 Å². The van der Waals surface area contributed by atoms with Crippen LogP contribution in [0, 0.1) is 5.82 Å². The highest BCUT2D eigenvalue weighted by Gasteiger charge is 2.18. The minimum absolute atomic E-state index is 0.0491. The molecule has 2 aromatic rings. The molecule has 128 valence electrons. The number of imide groups is 1. The third-order valence-corrected chi connectivity index (χ3v) is 2.73. The summed E-state index contributed by atoms with van der Waals surface area (Å²) in [5.74, 6) is -2.07. The molecule has 3 amide bonds. The van der Waals surface area contributed by atoms with E-state index >= 15 is 0 Å². The van der Waals surface area contributed by atoms with Gasteiger partial charge < -0.3 is 9.73 Å². The number of hydrogen-bond donors (Lipinski definition) is 2. The second-order valence-electron chi connectivity index (χ2n) is 6.09. The summed E-state index contributed by atoms with van der Waals surface area (Å²) in [7, 11) is 0. The number of hydrogen-bond acceptors (Lipinski definition) is 5. The average Bonchev–Trinajstić information content (AvgIpc) is 2.78. The number of halogens is 1. The highest BCUT2D eigenvalue weighted by molar-refractivity contribution is 5.94. The van der Waals surface area contributed by atoms with E-state index in [4.69, 9.17) is 4.42 Å². The Morgan fingerprint density at radius 3 is 2.46 bits per heavy atom. The van der Waals surface area contributed by atoms with Crippen LogP contribution in [0.15, 0.2) is 33.5 Å². The van der Waals surface area contributed by atoms with Crippen LogP contribution in [0.25, 0.3) is 11.5 Å². The molecule has 0 aliphatic heterocycles. The Kier molecular flexibility index (Phi) is 4.82. The molecule has 1 aromatic heterocycles. The number of aromatic nitrogens is 2. The molecule has 0 saturated heterocycles. The molecule has 0 aliphatic carbocycles. The lowest BCUT2D eigenvalue weighted by molar-refractivity contribution is -0.120. The van der Waals surface area contributed by atoms with E-state index in [1.165, 1.54) is 24.3 Å². The zero-order chi connectivity index (χ0) is 17.9. The average molecular weight is 336 g/mol. The summed E-state index contributed by atoms with van der Waals surface area (Å²) in [6.07, 6.45) is 0. The molecule has 0 spiro atoms. The fourth-order valence-electron chi connectivity index (χ4n) is 1.79. The fourth-order valence-corrected chi connectivity index (χ4v) is 1.79. The zero-order valence-electron chi connectivity index (χ0n) is 13.4. The van der Waals surface area contributed by atoms with E-state index in [-0.39, 0.29) is 5.89 Å². The van der Waals surface area contributed by atoms with Crippen LogP contribution in [0.3, 0.4) is 0 Å². The highest BCUT2D eigenvalue weighted by Crippen LogP contribution is 2.15. The minimum atomic E-state index is -0.860. The maximum atomic E-state index is 12.9. The highest BCUT2D eigenvalue weighted by atomic mass is 19.1. The van der Waals surface area contributed by atoms with Gasteiger partial charge in [0.2, 0.25) is 11.8 Å². The molecule has 0 atom stereocenters. The first kappa shape index (κ1) is 17.4. The SMILES string of the molecule is CC(C)(C)NC(=O)NC(=O)Cn1nc(-c2ccc(F)cc2)oc1=O. The monoisotopic (exact) mass is 336 g/mol. The van der Waals surface area contributed by atoms with Crippen LogP contribution in [-0.4, -0.2) is 27.3 Å². The number of carbonyl (C=O) groups excluding carboxylic acids is 2. The first-order valence-electron chi connectivity index (χ1n) is 7.10. The van der Waals surface area contributed by atoms with Crippen LogP contribution in [0.4, 0.5) is 9.18 Å². The number of rotatable bonds is 3. The molecular weight excluding hydrogens is 319 g/mol. The molecule has 0 aliphatic rings. The van der Waals surface area contributed by atoms with Gasteiger partial charge >= 0.3 is 11.8 Å². The number of nitrogens with zero attached hydrogens (tertiary/aromatic N) is 2. The van der Waals surface area contributed by atoms with E-state index in [9.17, 15) is 18.8 Å². The Bertz CT molecular complexity index is 802. The number of urea groups is 1. The van der Waals surface area contributed by atoms with Crippen LogP contribution in [0.2, 0.25) is 0 Å². The van der Waals surface area contributed by atoms with Gasteiger partial charge in [-0.25, -0.2) is 14.0 Å². The number of carbonyl (C=O) groups is 2. The van der Waals surface area contributed by atoms with Crippen LogP contribution in [-0.2, 0) is 11.3 Å². The summed E-state index contributed by atoms with van der Waals surface area (Å²) >= 11 is 0. The third kappa shape index (κ3) is 4.77. The number of amides is 3. The molecule has 2 N–H and O–H groups in total. The van der Waals surface area contributed by atoms with Gasteiger partial charge in [0.05, 0.1) is 0 Å². The van der Waals surface area contributed by atoms with E-state index in [2.05, 4.69) is 15.7 Å². The lowest BCUT2D eigenvalue weighted by Crippen LogP contribution is -2.49. The van der Waals surface area contributed by atoms with Crippen molar-refractivity contribution in [3.63, 3.8) is 0 Å². The van der Waals surface area contributed by atoms with Crippen molar-refractivity contribution in [2.24, 2.45) is 0 Å². The van der Waals surface area contributed by atoms with Gasteiger partial charge in [-0.1, -0.05) is 0 Å². The van der Waals surface area contributed by atoms with Crippen molar-refractivity contribution in [2.45, 2.75) is 32.9 Å². The van der Waals surface area contributed by atoms with E-state index in [1.807, 2.05) is 0 Å². The van der Waals surface area contributed by atoms with Crippen molar-refractivity contribution >= 4 is 11.9 Å². The lowest BCUT2D eigenvalue weighted by Gasteiger charge is -2.20. The molecule has 2 rings (SSSR count). The van der Waals surface area contributed by atoms with Gasteiger partial charge in [-0.2, -0.15) is 4.68 Å². The predicted molar refractivity (Wildman–Crippen MR) is 82.6 cm³/mol. The van der Waals surface area contributed by atoms with Crippen LogP contribution in [0.1, 0.15) is 20.8 Å². The van der Waals surface area contributed by atoms with E-state index < -0.39 is 35.6 Å². The molecule has 0 bridgehead atoms. The molecule has 1 aromatic carbocycles. The van der Waals surface area contributed by atoms with E-state index in [0.29, 0.717) is 5.56 Å². The van der Waals surface area contributed by atoms with Gasteiger partial charge in [0.15, 0.2) is 0 Å².